The van der Waals surface area contributed by atoms with Crippen molar-refractivity contribution in [3.8, 4) is 0 Å². The number of carbonyl (C=O) groups excluding carboxylic acids is 3. The van der Waals surface area contributed by atoms with Crippen LogP contribution in [-0.2, 0) is 14.4 Å². The number of nitrogens with zero attached hydrogens (tertiary/aromatic N) is 1. The summed E-state index contributed by atoms with van der Waals surface area (Å²) in [6, 6.07) is 23.3. The van der Waals surface area contributed by atoms with Gasteiger partial charge in [0.25, 0.3) is 0 Å². The van der Waals surface area contributed by atoms with E-state index in [1.165, 1.54) is 11.8 Å². The van der Waals surface area contributed by atoms with Crippen molar-refractivity contribution in [2.24, 2.45) is 11.8 Å². The lowest BCUT2D eigenvalue weighted by molar-refractivity contribution is -0.122. The van der Waals surface area contributed by atoms with Gasteiger partial charge in [0.2, 0.25) is 17.7 Å². The Morgan fingerprint density at radius 2 is 1.13 bits per heavy atom. The summed E-state index contributed by atoms with van der Waals surface area (Å²) in [5.41, 5.74) is 5.83. The van der Waals surface area contributed by atoms with Gasteiger partial charge < -0.3 is 5.32 Å². The van der Waals surface area contributed by atoms with Crippen LogP contribution < -0.4 is 10.2 Å². The highest BCUT2D eigenvalue weighted by Crippen LogP contribution is 2.61. The molecule has 1 fully saturated rings. The summed E-state index contributed by atoms with van der Waals surface area (Å²) in [6.07, 6.45) is 0. The number of benzene rings is 3. The smallest absolute Gasteiger partial charge is 0.238 e. The van der Waals surface area contributed by atoms with Crippen LogP contribution in [0, 0.1) is 11.8 Å². The summed E-state index contributed by atoms with van der Waals surface area (Å²) in [5.74, 6) is -1.44. The molecule has 1 saturated heterocycles. The van der Waals surface area contributed by atoms with Crippen molar-refractivity contribution in [2.45, 2.75) is 18.8 Å². The predicted octanol–water partition coefficient (Wildman–Crippen LogP) is 4.04. The molecule has 31 heavy (non-hydrogen) atoms. The third-order valence-electron chi connectivity index (χ3n) is 6.89. The Morgan fingerprint density at radius 3 is 1.52 bits per heavy atom. The molecule has 0 spiro atoms. The Morgan fingerprint density at radius 1 is 0.710 bits per heavy atom. The van der Waals surface area contributed by atoms with Crippen molar-refractivity contribution < 1.29 is 14.4 Å². The average molecular weight is 408 g/mol. The van der Waals surface area contributed by atoms with Gasteiger partial charge in [0.1, 0.15) is 0 Å². The molecule has 5 heteroatoms. The maximum atomic E-state index is 13.7. The monoisotopic (exact) mass is 408 g/mol. The van der Waals surface area contributed by atoms with Gasteiger partial charge in [-0.2, -0.15) is 0 Å². The average Bonchev–Trinajstić information content (AvgIpc) is 3.05. The Bertz CT molecular complexity index is 1150. The number of nitrogens with one attached hydrogen (secondary N) is 1. The van der Waals surface area contributed by atoms with Crippen molar-refractivity contribution in [2.75, 3.05) is 10.2 Å². The zero-order valence-corrected chi connectivity index (χ0v) is 16.9. The summed E-state index contributed by atoms with van der Waals surface area (Å²) < 4.78 is 0. The number of hydrogen-bond acceptors (Lipinski definition) is 3. The molecule has 7 rings (SSSR count). The van der Waals surface area contributed by atoms with Gasteiger partial charge in [-0.25, -0.2) is 4.90 Å². The summed E-state index contributed by atoms with van der Waals surface area (Å²) in [7, 11) is 0. The lowest BCUT2D eigenvalue weighted by Crippen LogP contribution is -2.41. The van der Waals surface area contributed by atoms with E-state index in [9.17, 15) is 14.4 Å². The Hall–Kier alpha value is -3.73. The molecule has 4 aliphatic rings. The zero-order chi connectivity index (χ0) is 21.3. The molecule has 1 aliphatic heterocycles. The van der Waals surface area contributed by atoms with Crippen LogP contribution in [-0.4, -0.2) is 17.7 Å². The van der Waals surface area contributed by atoms with Crippen LogP contribution in [0.15, 0.2) is 72.8 Å². The maximum absolute atomic E-state index is 13.7. The van der Waals surface area contributed by atoms with Gasteiger partial charge in [0.05, 0.1) is 17.5 Å². The molecule has 3 aromatic rings. The van der Waals surface area contributed by atoms with E-state index < -0.39 is 11.8 Å². The molecule has 3 aromatic carbocycles. The van der Waals surface area contributed by atoms with Gasteiger partial charge in [-0.15, -0.1) is 0 Å². The molecule has 1 N–H and O–H groups in total. The second-order valence-corrected chi connectivity index (χ2v) is 8.50. The zero-order valence-electron chi connectivity index (χ0n) is 16.9. The molecule has 1 heterocycles. The molecule has 0 radical (unpaired) electrons. The molecule has 3 amide bonds. The first kappa shape index (κ1) is 18.1. The molecule has 0 unspecified atom stereocenters. The number of amides is 3. The van der Waals surface area contributed by atoms with Crippen LogP contribution in [0.1, 0.15) is 41.0 Å². The SMILES string of the molecule is CC(=O)Nc1ccc(N2C(=O)[C@@H]3C4c5ccccc5C(c5ccccc54)[C@@H]3C2=O)cc1. The van der Waals surface area contributed by atoms with E-state index in [1.807, 2.05) is 24.3 Å². The molecule has 2 atom stereocenters. The molecular weight excluding hydrogens is 388 g/mol. The van der Waals surface area contributed by atoms with Crippen molar-refractivity contribution in [1.82, 2.24) is 0 Å². The van der Waals surface area contributed by atoms with E-state index >= 15 is 0 Å². The fraction of sp³-hybridized carbons (Fsp3) is 0.192. The third kappa shape index (κ3) is 2.40. The summed E-state index contributed by atoms with van der Waals surface area (Å²) in [4.78, 5) is 40.0. The summed E-state index contributed by atoms with van der Waals surface area (Å²) in [6.45, 7) is 1.44. The molecule has 3 aliphatic carbocycles. The van der Waals surface area contributed by atoms with Gasteiger partial charge in [-0.3, -0.25) is 14.4 Å². The molecule has 152 valence electrons. The van der Waals surface area contributed by atoms with Gasteiger partial charge in [0, 0.05) is 24.4 Å². The van der Waals surface area contributed by atoms with E-state index in [0.717, 1.165) is 22.3 Å². The fourth-order valence-electron chi connectivity index (χ4n) is 5.83. The number of imide groups is 1. The standard InChI is InChI=1S/C26H20N2O3/c1-14(29)27-15-10-12-16(13-11-15)28-25(30)23-21-17-6-2-3-7-18(17)22(24(23)26(28)31)20-9-5-4-8-19(20)21/h2-13,21-24H,1H3,(H,27,29)/t21?,22?,23-,24+. The third-order valence-corrected chi connectivity index (χ3v) is 6.89. The molecule has 0 aromatic heterocycles. The Kier molecular flexibility index (Phi) is 3.72. The van der Waals surface area contributed by atoms with E-state index in [-0.39, 0.29) is 29.6 Å². The summed E-state index contributed by atoms with van der Waals surface area (Å²) in [5, 5.41) is 2.72. The van der Waals surface area contributed by atoms with Crippen molar-refractivity contribution in [3.63, 3.8) is 0 Å². The highest BCUT2D eigenvalue weighted by Gasteiger charge is 2.61. The Balaban J connectivity index is 1.46. The van der Waals surface area contributed by atoms with Gasteiger partial charge in [-0.05, 0) is 46.5 Å². The minimum Gasteiger partial charge on any atom is -0.326 e. The summed E-state index contributed by atoms with van der Waals surface area (Å²) >= 11 is 0. The molecular formula is C26H20N2O3. The minimum absolute atomic E-state index is 0.109. The lowest BCUT2D eigenvalue weighted by atomic mass is 9.55. The largest absolute Gasteiger partial charge is 0.326 e. The first-order valence-electron chi connectivity index (χ1n) is 10.5. The highest BCUT2D eigenvalue weighted by atomic mass is 16.2. The highest BCUT2D eigenvalue weighted by molar-refractivity contribution is 6.23. The molecule has 0 saturated carbocycles. The lowest BCUT2D eigenvalue weighted by Gasteiger charge is -2.45. The molecule has 5 nitrogen and oxygen atoms in total. The van der Waals surface area contributed by atoms with Crippen molar-refractivity contribution in [3.05, 3.63) is 95.1 Å². The first-order chi connectivity index (χ1) is 15.1. The van der Waals surface area contributed by atoms with Gasteiger partial charge in [-0.1, -0.05) is 48.5 Å². The van der Waals surface area contributed by atoms with E-state index in [1.54, 1.807) is 24.3 Å². The van der Waals surface area contributed by atoms with Crippen LogP contribution in [0.4, 0.5) is 11.4 Å². The number of carbonyl (C=O) groups is 3. The first-order valence-corrected chi connectivity index (χ1v) is 10.5. The normalized spacial score (nSPS) is 25.1. The molecule has 2 bridgehead atoms. The van der Waals surface area contributed by atoms with Crippen LogP contribution in [0.2, 0.25) is 0 Å². The van der Waals surface area contributed by atoms with E-state index in [2.05, 4.69) is 29.6 Å². The number of anilines is 2. The van der Waals surface area contributed by atoms with Crippen LogP contribution >= 0.6 is 0 Å². The fourth-order valence-corrected chi connectivity index (χ4v) is 5.83. The number of rotatable bonds is 2. The second kappa shape index (κ2) is 6.38. The maximum Gasteiger partial charge on any atom is 0.238 e. The van der Waals surface area contributed by atoms with E-state index in [4.69, 9.17) is 0 Å². The van der Waals surface area contributed by atoms with Gasteiger partial charge in [0.15, 0.2) is 0 Å². The topological polar surface area (TPSA) is 66.5 Å². The minimum atomic E-state index is -0.391. The van der Waals surface area contributed by atoms with Crippen LogP contribution in [0.25, 0.3) is 0 Å². The van der Waals surface area contributed by atoms with Crippen molar-refractivity contribution in [1.29, 1.82) is 0 Å². The predicted molar refractivity (Wildman–Crippen MR) is 117 cm³/mol. The quantitative estimate of drug-likeness (QED) is 0.651. The van der Waals surface area contributed by atoms with Crippen LogP contribution in [0.3, 0.4) is 0 Å². The van der Waals surface area contributed by atoms with Gasteiger partial charge >= 0.3 is 0 Å². The van der Waals surface area contributed by atoms with Crippen LogP contribution in [0.5, 0.6) is 0 Å². The van der Waals surface area contributed by atoms with Crippen molar-refractivity contribution >= 4 is 29.1 Å². The van der Waals surface area contributed by atoms with E-state index in [0.29, 0.717) is 11.4 Å². The Labute approximate surface area is 179 Å². The second-order valence-electron chi connectivity index (χ2n) is 8.50. The number of hydrogen-bond donors (Lipinski definition) is 1.